The molecule has 0 saturated carbocycles. The fourth-order valence-corrected chi connectivity index (χ4v) is 3.71. The summed E-state index contributed by atoms with van der Waals surface area (Å²) < 4.78 is 5.82. The lowest BCUT2D eigenvalue weighted by molar-refractivity contribution is -0.0856. The first-order valence-corrected chi connectivity index (χ1v) is 8.37. The number of ether oxygens (including phenoxy) is 1. The van der Waals surface area contributed by atoms with Crippen LogP contribution in [0.5, 0.6) is 0 Å². The molecule has 4 heteroatoms. The molecule has 0 bridgehead atoms. The number of amides is 1. The van der Waals surface area contributed by atoms with E-state index < -0.39 is 0 Å². The smallest absolute Gasteiger partial charge is 0.253 e. The largest absolute Gasteiger partial charge is 0.373 e. The maximum absolute atomic E-state index is 12.5. The number of likely N-dealkylation sites (tertiary alicyclic amines) is 1. The first-order chi connectivity index (χ1) is 10.6. The second kappa shape index (κ2) is 6.80. The molecule has 1 aromatic rings. The van der Waals surface area contributed by atoms with Crippen LogP contribution in [0.4, 0.5) is 0 Å². The van der Waals surface area contributed by atoms with Gasteiger partial charge in [0.2, 0.25) is 0 Å². The highest BCUT2D eigenvalue weighted by Crippen LogP contribution is 2.22. The number of hydrogen-bond acceptors (Lipinski definition) is 3. The van der Waals surface area contributed by atoms with Crippen molar-refractivity contribution in [2.75, 3.05) is 26.2 Å². The summed E-state index contributed by atoms with van der Waals surface area (Å²) >= 11 is 0. The third kappa shape index (κ3) is 3.50. The normalized spacial score (nSPS) is 27.8. The molecule has 2 heterocycles. The summed E-state index contributed by atoms with van der Waals surface area (Å²) in [4.78, 5) is 17.0. The molecule has 0 aliphatic carbocycles. The van der Waals surface area contributed by atoms with Crippen LogP contribution in [-0.2, 0) is 4.74 Å². The van der Waals surface area contributed by atoms with Crippen LogP contribution < -0.4 is 0 Å². The quantitative estimate of drug-likeness (QED) is 0.841. The standard InChI is InChI=1S/C18H26N2O2/c1-14-12-20(13-15(2)22-14)17-8-10-19(11-9-17)18(21)16-6-4-3-5-7-16/h3-7,14-15,17H,8-13H2,1-2H3/t14-,15-/m0/s1. The molecule has 22 heavy (non-hydrogen) atoms. The van der Waals surface area contributed by atoms with Crippen LogP contribution in [0.1, 0.15) is 37.0 Å². The average Bonchev–Trinajstić information content (AvgIpc) is 2.54. The van der Waals surface area contributed by atoms with Crippen molar-refractivity contribution in [1.82, 2.24) is 9.80 Å². The van der Waals surface area contributed by atoms with Crippen molar-refractivity contribution in [1.29, 1.82) is 0 Å². The molecule has 1 amide bonds. The number of piperidine rings is 1. The summed E-state index contributed by atoms with van der Waals surface area (Å²) in [6, 6.07) is 10.2. The number of rotatable bonds is 2. The molecule has 0 spiro atoms. The van der Waals surface area contributed by atoms with Gasteiger partial charge in [0.25, 0.3) is 5.91 Å². The second-order valence-corrected chi connectivity index (χ2v) is 6.60. The predicted octanol–water partition coefficient (Wildman–Crippen LogP) is 2.40. The van der Waals surface area contributed by atoms with E-state index in [0.29, 0.717) is 18.2 Å². The van der Waals surface area contributed by atoms with Gasteiger partial charge in [-0.25, -0.2) is 0 Å². The predicted molar refractivity (Wildman–Crippen MR) is 86.9 cm³/mol. The SMILES string of the molecule is C[C@H]1CN(C2CCN(C(=O)c3ccccc3)CC2)C[C@H](C)O1. The lowest BCUT2D eigenvalue weighted by Crippen LogP contribution is -2.53. The van der Waals surface area contributed by atoms with E-state index in [0.717, 1.165) is 44.6 Å². The minimum atomic E-state index is 0.169. The Morgan fingerprint density at radius 3 is 2.23 bits per heavy atom. The molecule has 120 valence electrons. The Morgan fingerprint density at radius 1 is 1.05 bits per heavy atom. The molecule has 0 radical (unpaired) electrons. The Bertz CT molecular complexity index is 487. The van der Waals surface area contributed by atoms with Gasteiger partial charge in [0, 0.05) is 37.8 Å². The Kier molecular flexibility index (Phi) is 4.79. The number of nitrogens with zero attached hydrogens (tertiary/aromatic N) is 2. The van der Waals surface area contributed by atoms with Gasteiger partial charge < -0.3 is 9.64 Å². The van der Waals surface area contributed by atoms with E-state index in [1.807, 2.05) is 35.2 Å². The monoisotopic (exact) mass is 302 g/mol. The summed E-state index contributed by atoms with van der Waals surface area (Å²) in [5, 5.41) is 0. The first kappa shape index (κ1) is 15.5. The summed E-state index contributed by atoms with van der Waals surface area (Å²) in [6.45, 7) is 8.05. The van der Waals surface area contributed by atoms with Gasteiger partial charge in [0.05, 0.1) is 12.2 Å². The molecule has 0 unspecified atom stereocenters. The van der Waals surface area contributed by atoms with Gasteiger partial charge in [0.1, 0.15) is 0 Å². The van der Waals surface area contributed by atoms with Crippen LogP contribution in [0.25, 0.3) is 0 Å². The van der Waals surface area contributed by atoms with Crippen LogP contribution in [-0.4, -0.2) is 60.1 Å². The molecular formula is C18H26N2O2. The summed E-state index contributed by atoms with van der Waals surface area (Å²) in [7, 11) is 0. The molecule has 3 rings (SSSR count). The van der Waals surface area contributed by atoms with Crippen molar-refractivity contribution in [2.24, 2.45) is 0 Å². The Hall–Kier alpha value is -1.39. The van der Waals surface area contributed by atoms with E-state index in [-0.39, 0.29) is 5.91 Å². The van der Waals surface area contributed by atoms with Crippen molar-refractivity contribution in [2.45, 2.75) is 44.9 Å². The van der Waals surface area contributed by atoms with Crippen LogP contribution in [0.3, 0.4) is 0 Å². The van der Waals surface area contributed by atoms with Gasteiger partial charge in [-0.3, -0.25) is 9.69 Å². The molecule has 4 nitrogen and oxygen atoms in total. The number of morpholine rings is 1. The van der Waals surface area contributed by atoms with Gasteiger partial charge in [0.15, 0.2) is 0 Å². The molecule has 2 fully saturated rings. The molecule has 2 atom stereocenters. The van der Waals surface area contributed by atoms with Crippen LogP contribution in [0.15, 0.2) is 30.3 Å². The summed E-state index contributed by atoms with van der Waals surface area (Å²) in [6.07, 6.45) is 2.76. The fraction of sp³-hybridized carbons (Fsp3) is 0.611. The average molecular weight is 302 g/mol. The first-order valence-electron chi connectivity index (χ1n) is 8.37. The highest BCUT2D eigenvalue weighted by molar-refractivity contribution is 5.94. The van der Waals surface area contributed by atoms with Crippen molar-refractivity contribution >= 4 is 5.91 Å². The van der Waals surface area contributed by atoms with E-state index in [1.54, 1.807) is 0 Å². The molecule has 0 N–H and O–H groups in total. The fourth-order valence-electron chi connectivity index (χ4n) is 3.71. The minimum absolute atomic E-state index is 0.169. The van der Waals surface area contributed by atoms with Crippen LogP contribution in [0, 0.1) is 0 Å². The number of hydrogen-bond donors (Lipinski definition) is 0. The highest BCUT2D eigenvalue weighted by atomic mass is 16.5. The third-order valence-corrected chi connectivity index (χ3v) is 4.74. The molecule has 1 aromatic carbocycles. The maximum Gasteiger partial charge on any atom is 0.253 e. The van der Waals surface area contributed by atoms with Gasteiger partial charge in [-0.15, -0.1) is 0 Å². The van der Waals surface area contributed by atoms with Crippen molar-refractivity contribution in [3.05, 3.63) is 35.9 Å². The van der Waals surface area contributed by atoms with Crippen molar-refractivity contribution in [3.63, 3.8) is 0 Å². The zero-order valence-electron chi connectivity index (χ0n) is 13.6. The summed E-state index contributed by atoms with van der Waals surface area (Å²) in [5.74, 6) is 0.169. The molecule has 2 aliphatic rings. The zero-order valence-corrected chi connectivity index (χ0v) is 13.6. The molecule has 2 aliphatic heterocycles. The minimum Gasteiger partial charge on any atom is -0.373 e. The number of carbonyl (C=O) groups excluding carboxylic acids is 1. The van der Waals surface area contributed by atoms with Crippen molar-refractivity contribution < 1.29 is 9.53 Å². The lowest BCUT2D eigenvalue weighted by atomic mass is 10.0. The summed E-state index contributed by atoms with van der Waals surface area (Å²) in [5.41, 5.74) is 0.801. The Labute approximate surface area is 133 Å². The van der Waals surface area contributed by atoms with Gasteiger partial charge in [-0.1, -0.05) is 18.2 Å². The van der Waals surface area contributed by atoms with Gasteiger partial charge in [-0.2, -0.15) is 0 Å². The van der Waals surface area contributed by atoms with E-state index in [9.17, 15) is 4.79 Å². The molecule has 0 aromatic heterocycles. The number of benzene rings is 1. The van der Waals surface area contributed by atoms with Gasteiger partial charge >= 0.3 is 0 Å². The van der Waals surface area contributed by atoms with E-state index in [1.165, 1.54) is 0 Å². The van der Waals surface area contributed by atoms with Gasteiger partial charge in [-0.05, 0) is 38.8 Å². The van der Waals surface area contributed by atoms with E-state index >= 15 is 0 Å². The topological polar surface area (TPSA) is 32.8 Å². The molecular weight excluding hydrogens is 276 g/mol. The Balaban J connectivity index is 1.55. The van der Waals surface area contributed by atoms with Crippen LogP contribution >= 0.6 is 0 Å². The van der Waals surface area contributed by atoms with E-state index in [4.69, 9.17) is 4.74 Å². The zero-order chi connectivity index (χ0) is 15.5. The molecule has 2 saturated heterocycles. The Morgan fingerprint density at radius 2 is 1.64 bits per heavy atom. The maximum atomic E-state index is 12.5. The van der Waals surface area contributed by atoms with Crippen molar-refractivity contribution in [3.8, 4) is 0 Å². The van der Waals surface area contributed by atoms with Crippen LogP contribution in [0.2, 0.25) is 0 Å². The van der Waals surface area contributed by atoms with E-state index in [2.05, 4.69) is 18.7 Å². The second-order valence-electron chi connectivity index (χ2n) is 6.60. The third-order valence-electron chi connectivity index (χ3n) is 4.74. The highest BCUT2D eigenvalue weighted by Gasteiger charge is 2.31. The number of carbonyl (C=O) groups is 1. The lowest BCUT2D eigenvalue weighted by Gasteiger charge is -2.43.